The molecule has 0 amide bonds. The van der Waals surface area contributed by atoms with Crippen LogP contribution >= 0.6 is 11.3 Å². The van der Waals surface area contributed by atoms with Crippen molar-refractivity contribution in [3.8, 4) is 10.4 Å². The Labute approximate surface area is 155 Å². The summed E-state index contributed by atoms with van der Waals surface area (Å²) < 4.78 is 1.75. The highest BCUT2D eigenvalue weighted by Crippen LogP contribution is 2.27. The van der Waals surface area contributed by atoms with Crippen molar-refractivity contribution in [2.24, 2.45) is 0 Å². The maximum absolute atomic E-state index is 11.0. The van der Waals surface area contributed by atoms with Gasteiger partial charge in [-0.1, -0.05) is 36.4 Å². The Bertz CT molecular complexity index is 1030. The van der Waals surface area contributed by atoms with Crippen molar-refractivity contribution in [2.45, 2.75) is 13.1 Å². The summed E-state index contributed by atoms with van der Waals surface area (Å²) in [4.78, 5) is 12.3. The maximum Gasteiger partial charge on any atom is 0.323 e. The monoisotopic (exact) mass is 362 g/mol. The zero-order valence-corrected chi connectivity index (χ0v) is 14.9. The van der Waals surface area contributed by atoms with E-state index >= 15 is 0 Å². The quantitative estimate of drug-likeness (QED) is 0.504. The molecule has 0 aliphatic rings. The molecule has 2 heterocycles. The molecule has 2 aromatic heterocycles. The summed E-state index contributed by atoms with van der Waals surface area (Å²) in [5.74, 6) is -0.841. The summed E-state index contributed by atoms with van der Waals surface area (Å²) in [6, 6.07) is 20.6. The first kappa shape index (κ1) is 16.4. The highest BCUT2D eigenvalue weighted by Gasteiger charge is 2.08. The first-order valence-corrected chi connectivity index (χ1v) is 9.25. The van der Waals surface area contributed by atoms with Crippen molar-refractivity contribution in [2.75, 3.05) is 5.32 Å². The molecule has 0 spiro atoms. The predicted octanol–water partition coefficient (Wildman–Crippen LogP) is 5.07. The molecule has 26 heavy (non-hydrogen) atoms. The Morgan fingerprint density at radius 1 is 1.04 bits per heavy atom. The summed E-state index contributed by atoms with van der Waals surface area (Å²) in [5.41, 5.74) is 4.36. The number of benzene rings is 2. The smallest absolute Gasteiger partial charge is 0.323 e. The van der Waals surface area contributed by atoms with Crippen molar-refractivity contribution in [3.63, 3.8) is 0 Å². The van der Waals surface area contributed by atoms with Crippen LogP contribution in [0, 0.1) is 0 Å². The second kappa shape index (κ2) is 7.06. The molecule has 0 aliphatic carbocycles. The number of carboxylic acid groups (broad SMARTS) is 1. The summed E-state index contributed by atoms with van der Waals surface area (Å²) in [6.45, 7) is 0.686. The Kier molecular flexibility index (Phi) is 4.46. The van der Waals surface area contributed by atoms with E-state index in [-0.39, 0.29) is 6.54 Å². The third kappa shape index (κ3) is 3.34. The number of fused-ring (bicyclic) bond motifs is 1. The zero-order valence-electron chi connectivity index (χ0n) is 14.1. The number of nitrogens with one attached hydrogen (secondary N) is 1. The molecule has 0 bridgehead atoms. The summed E-state index contributed by atoms with van der Waals surface area (Å²) >= 11 is 1.74. The van der Waals surface area contributed by atoms with Gasteiger partial charge in [0.2, 0.25) is 0 Å². The van der Waals surface area contributed by atoms with E-state index in [1.807, 2.05) is 30.5 Å². The van der Waals surface area contributed by atoms with E-state index in [0.717, 1.165) is 16.6 Å². The van der Waals surface area contributed by atoms with Crippen molar-refractivity contribution in [1.82, 2.24) is 4.57 Å². The highest BCUT2D eigenvalue weighted by atomic mass is 32.1. The van der Waals surface area contributed by atoms with Crippen LogP contribution in [0.4, 0.5) is 5.69 Å². The zero-order chi connectivity index (χ0) is 17.9. The number of carboxylic acids is 1. The molecule has 4 nitrogen and oxygen atoms in total. The molecule has 0 aliphatic heterocycles. The van der Waals surface area contributed by atoms with Gasteiger partial charge in [-0.2, -0.15) is 0 Å². The van der Waals surface area contributed by atoms with Crippen molar-refractivity contribution in [1.29, 1.82) is 0 Å². The minimum Gasteiger partial charge on any atom is -0.480 e. The lowest BCUT2D eigenvalue weighted by Crippen LogP contribution is -2.07. The number of carbonyl (C=O) groups is 1. The largest absolute Gasteiger partial charge is 0.480 e. The number of rotatable bonds is 6. The lowest BCUT2D eigenvalue weighted by molar-refractivity contribution is -0.137. The van der Waals surface area contributed by atoms with Crippen LogP contribution in [-0.4, -0.2) is 15.6 Å². The van der Waals surface area contributed by atoms with Gasteiger partial charge in [0.05, 0.1) is 5.52 Å². The van der Waals surface area contributed by atoms with Gasteiger partial charge in [-0.05, 0) is 40.8 Å². The van der Waals surface area contributed by atoms with E-state index in [1.165, 1.54) is 16.0 Å². The van der Waals surface area contributed by atoms with Crippen LogP contribution in [0.5, 0.6) is 0 Å². The van der Waals surface area contributed by atoms with Crippen LogP contribution in [0.25, 0.3) is 21.3 Å². The van der Waals surface area contributed by atoms with Gasteiger partial charge in [0.25, 0.3) is 0 Å². The molecule has 0 saturated heterocycles. The molecule has 2 aromatic carbocycles. The lowest BCUT2D eigenvalue weighted by atomic mass is 10.1. The fourth-order valence-corrected chi connectivity index (χ4v) is 3.82. The van der Waals surface area contributed by atoms with Crippen LogP contribution in [0.3, 0.4) is 0 Å². The molecule has 4 rings (SSSR count). The van der Waals surface area contributed by atoms with E-state index in [9.17, 15) is 4.79 Å². The van der Waals surface area contributed by atoms with E-state index in [0.29, 0.717) is 6.54 Å². The molecule has 0 radical (unpaired) electrons. The number of aliphatic carboxylic acids is 1. The predicted molar refractivity (Wildman–Crippen MR) is 107 cm³/mol. The second-order valence-corrected chi connectivity index (χ2v) is 7.05. The van der Waals surface area contributed by atoms with Crippen molar-refractivity contribution < 1.29 is 9.90 Å². The van der Waals surface area contributed by atoms with Gasteiger partial charge in [0, 0.05) is 28.7 Å². The van der Waals surface area contributed by atoms with Gasteiger partial charge in [-0.15, -0.1) is 11.3 Å². The van der Waals surface area contributed by atoms with Crippen LogP contribution in [0.1, 0.15) is 5.56 Å². The minimum atomic E-state index is -0.841. The van der Waals surface area contributed by atoms with Crippen LogP contribution in [0.2, 0.25) is 0 Å². The number of thiophene rings is 1. The Morgan fingerprint density at radius 3 is 2.62 bits per heavy atom. The maximum atomic E-state index is 11.0. The summed E-state index contributed by atoms with van der Waals surface area (Å²) in [5, 5.41) is 15.6. The van der Waals surface area contributed by atoms with Crippen LogP contribution in [0.15, 0.2) is 72.2 Å². The Morgan fingerprint density at radius 2 is 1.88 bits per heavy atom. The average Bonchev–Trinajstić information content (AvgIpc) is 3.31. The number of anilines is 1. The molecule has 130 valence electrons. The molecule has 2 N–H and O–H groups in total. The number of hydrogen-bond acceptors (Lipinski definition) is 3. The molecular weight excluding hydrogens is 344 g/mol. The van der Waals surface area contributed by atoms with Crippen LogP contribution in [-0.2, 0) is 17.9 Å². The molecule has 0 fully saturated rings. The molecule has 0 unspecified atom stereocenters. The molecule has 0 atom stereocenters. The van der Waals surface area contributed by atoms with Gasteiger partial charge in [-0.25, -0.2) is 0 Å². The topological polar surface area (TPSA) is 54.3 Å². The number of aromatic nitrogens is 1. The van der Waals surface area contributed by atoms with Gasteiger partial charge in [0.15, 0.2) is 0 Å². The van der Waals surface area contributed by atoms with Gasteiger partial charge in [0.1, 0.15) is 6.54 Å². The van der Waals surface area contributed by atoms with Gasteiger partial charge in [-0.3, -0.25) is 4.79 Å². The fraction of sp³-hybridized carbons (Fsp3) is 0.0952. The minimum absolute atomic E-state index is 0.0306. The normalized spacial score (nSPS) is 10.9. The van der Waals surface area contributed by atoms with Crippen LogP contribution < -0.4 is 5.32 Å². The fourth-order valence-electron chi connectivity index (χ4n) is 3.09. The second-order valence-electron chi connectivity index (χ2n) is 6.10. The third-order valence-electron chi connectivity index (χ3n) is 4.36. The highest BCUT2D eigenvalue weighted by molar-refractivity contribution is 7.13. The lowest BCUT2D eigenvalue weighted by Gasteiger charge is -2.09. The van der Waals surface area contributed by atoms with E-state index in [2.05, 4.69) is 47.1 Å². The Hall–Kier alpha value is -3.05. The first-order valence-electron chi connectivity index (χ1n) is 8.37. The summed E-state index contributed by atoms with van der Waals surface area (Å²) in [6.07, 6.45) is 1.82. The van der Waals surface area contributed by atoms with E-state index < -0.39 is 5.97 Å². The Balaban J connectivity index is 1.51. The summed E-state index contributed by atoms with van der Waals surface area (Å²) in [7, 11) is 0. The molecule has 4 aromatic rings. The van der Waals surface area contributed by atoms with Gasteiger partial charge < -0.3 is 15.0 Å². The van der Waals surface area contributed by atoms with E-state index in [1.54, 1.807) is 15.9 Å². The average molecular weight is 362 g/mol. The standard InChI is InChI=1S/C21H18N2O2S/c24-21(25)14-23-11-10-17-18(3-1-4-19(17)23)22-13-15-6-8-16(9-7-15)20-5-2-12-26-20/h1-12,22H,13-14H2,(H,24,25). The molecule has 5 heteroatoms. The number of hydrogen-bond donors (Lipinski definition) is 2. The SMILES string of the molecule is O=C(O)Cn1ccc2c(NCc3ccc(-c4cccs4)cc3)cccc21. The first-order chi connectivity index (χ1) is 12.7. The molecular formula is C21H18N2O2S. The molecule has 0 saturated carbocycles. The van der Waals surface area contributed by atoms with Crippen molar-refractivity contribution >= 4 is 33.9 Å². The number of nitrogens with zero attached hydrogens (tertiary/aromatic N) is 1. The van der Waals surface area contributed by atoms with Gasteiger partial charge >= 0.3 is 5.97 Å². The van der Waals surface area contributed by atoms with Crippen molar-refractivity contribution in [3.05, 3.63) is 77.8 Å². The third-order valence-corrected chi connectivity index (χ3v) is 5.28. The van der Waals surface area contributed by atoms with E-state index in [4.69, 9.17) is 5.11 Å².